The summed E-state index contributed by atoms with van der Waals surface area (Å²) in [5.41, 5.74) is 2.23. The molecule has 3 aromatic rings. The third-order valence-corrected chi connectivity index (χ3v) is 4.31. The molecule has 2 nitrogen and oxygen atoms in total. The molecule has 0 aliphatic heterocycles. The van der Waals surface area contributed by atoms with E-state index < -0.39 is 0 Å². The molecule has 4 heteroatoms. The fourth-order valence-electron chi connectivity index (χ4n) is 2.77. The van der Waals surface area contributed by atoms with Crippen LogP contribution in [0.15, 0.2) is 59.0 Å². The summed E-state index contributed by atoms with van der Waals surface area (Å²) in [6.45, 7) is 2.04. The fraction of sp³-hybridized carbons (Fsp3) is 0.263. The van der Waals surface area contributed by atoms with E-state index >= 15 is 0 Å². The highest BCUT2D eigenvalue weighted by Gasteiger charge is 2.17. The quantitative estimate of drug-likeness (QED) is 0.641. The van der Waals surface area contributed by atoms with Gasteiger partial charge in [-0.15, -0.1) is 0 Å². The maximum atomic E-state index is 6.20. The van der Waals surface area contributed by atoms with E-state index in [2.05, 4.69) is 50.5 Å². The van der Waals surface area contributed by atoms with E-state index in [9.17, 15) is 0 Å². The first-order valence-corrected chi connectivity index (χ1v) is 7.94. The summed E-state index contributed by atoms with van der Waals surface area (Å²) < 4.78 is 6.83. The molecular formula is C19H21Cl2NO. The molecule has 3 rings (SSSR count). The Kier molecular flexibility index (Phi) is 5.74. The minimum atomic E-state index is 0. The molecule has 0 aliphatic carbocycles. The zero-order chi connectivity index (χ0) is 15.6. The van der Waals surface area contributed by atoms with Gasteiger partial charge in [-0.2, -0.15) is 0 Å². The minimum absolute atomic E-state index is 0. The fourth-order valence-corrected chi connectivity index (χ4v) is 2.99. The summed E-state index contributed by atoms with van der Waals surface area (Å²) in [6.07, 6.45) is 0.908. The molecule has 0 N–H and O–H groups in total. The number of nitrogens with zero attached hydrogens (tertiary/aromatic N) is 1. The zero-order valence-corrected chi connectivity index (χ0v) is 14.9. The minimum Gasteiger partial charge on any atom is -1.00 e. The highest BCUT2D eigenvalue weighted by Crippen LogP contribution is 2.27. The van der Waals surface area contributed by atoms with Crippen LogP contribution in [-0.4, -0.2) is 25.1 Å². The lowest BCUT2D eigenvalue weighted by molar-refractivity contribution is -0.903. The third kappa shape index (κ3) is 4.51. The molecule has 0 saturated heterocycles. The largest absolute Gasteiger partial charge is 1.00 e. The number of hydrogen-bond donors (Lipinski definition) is 0. The standard InChI is InChI=1S/C19H21ClNO.ClH/c1-21(2,14-15-7-4-3-5-8-15)12-11-16-13-17-18(20)9-6-10-19(17)22-16;/h3-10,13H,11-12,14H2,1-2H3;1H/q+1;/p-1. The highest BCUT2D eigenvalue weighted by molar-refractivity contribution is 6.35. The van der Waals surface area contributed by atoms with Crippen LogP contribution in [0.25, 0.3) is 11.0 Å². The van der Waals surface area contributed by atoms with Gasteiger partial charge in [0.1, 0.15) is 17.9 Å². The Hall–Kier alpha value is -1.48. The summed E-state index contributed by atoms with van der Waals surface area (Å²) in [4.78, 5) is 0. The normalized spacial score (nSPS) is 11.4. The maximum Gasteiger partial charge on any atom is 0.135 e. The number of hydrogen-bond acceptors (Lipinski definition) is 1. The first-order chi connectivity index (χ1) is 10.5. The van der Waals surface area contributed by atoms with Crippen LogP contribution < -0.4 is 12.4 Å². The van der Waals surface area contributed by atoms with Crippen molar-refractivity contribution in [3.63, 3.8) is 0 Å². The van der Waals surface area contributed by atoms with Crippen LogP contribution in [0.3, 0.4) is 0 Å². The predicted octanol–water partition coefficient (Wildman–Crippen LogP) is 1.91. The summed E-state index contributed by atoms with van der Waals surface area (Å²) >= 11 is 6.20. The third-order valence-electron chi connectivity index (χ3n) is 3.98. The van der Waals surface area contributed by atoms with Crippen LogP contribution in [0, 0.1) is 0 Å². The van der Waals surface area contributed by atoms with Crippen molar-refractivity contribution in [3.8, 4) is 0 Å². The van der Waals surface area contributed by atoms with Crippen molar-refractivity contribution in [1.82, 2.24) is 0 Å². The molecule has 2 aromatic carbocycles. The summed E-state index contributed by atoms with van der Waals surface area (Å²) in [7, 11) is 4.51. The molecule has 0 radical (unpaired) electrons. The van der Waals surface area contributed by atoms with E-state index in [4.69, 9.17) is 16.0 Å². The van der Waals surface area contributed by atoms with E-state index in [0.717, 1.165) is 45.7 Å². The van der Waals surface area contributed by atoms with Gasteiger partial charge in [0.05, 0.1) is 32.1 Å². The van der Waals surface area contributed by atoms with E-state index in [-0.39, 0.29) is 12.4 Å². The molecule has 0 atom stereocenters. The molecule has 0 aliphatic rings. The Labute approximate surface area is 148 Å². The van der Waals surface area contributed by atoms with Crippen molar-refractivity contribution in [3.05, 3.63) is 70.9 Å². The number of furan rings is 1. The molecule has 0 bridgehead atoms. The van der Waals surface area contributed by atoms with Crippen LogP contribution in [0.5, 0.6) is 0 Å². The molecule has 0 unspecified atom stereocenters. The van der Waals surface area contributed by atoms with Crippen molar-refractivity contribution < 1.29 is 21.3 Å². The van der Waals surface area contributed by atoms with Crippen molar-refractivity contribution in [2.75, 3.05) is 20.6 Å². The van der Waals surface area contributed by atoms with Gasteiger partial charge in [0.15, 0.2) is 0 Å². The molecule has 0 spiro atoms. The number of quaternary nitrogens is 1. The monoisotopic (exact) mass is 349 g/mol. The SMILES string of the molecule is C[N+](C)(CCc1cc2c(Cl)cccc2o1)Cc1ccccc1.[Cl-]. The maximum absolute atomic E-state index is 6.20. The Morgan fingerprint density at radius 3 is 2.43 bits per heavy atom. The Morgan fingerprint density at radius 2 is 1.74 bits per heavy atom. The Bertz CT molecular complexity index is 765. The summed E-state index contributed by atoms with van der Waals surface area (Å²) in [6, 6.07) is 18.5. The predicted molar refractivity (Wildman–Crippen MR) is 92.0 cm³/mol. The van der Waals surface area contributed by atoms with Gasteiger partial charge in [0.25, 0.3) is 0 Å². The molecule has 0 amide bonds. The van der Waals surface area contributed by atoms with Gasteiger partial charge in [0.2, 0.25) is 0 Å². The van der Waals surface area contributed by atoms with E-state index in [0.29, 0.717) is 0 Å². The van der Waals surface area contributed by atoms with Crippen molar-refractivity contribution in [2.45, 2.75) is 13.0 Å². The molecule has 23 heavy (non-hydrogen) atoms. The van der Waals surface area contributed by atoms with Crippen molar-refractivity contribution >= 4 is 22.6 Å². The lowest BCUT2D eigenvalue weighted by Gasteiger charge is -2.29. The van der Waals surface area contributed by atoms with Crippen LogP contribution in [-0.2, 0) is 13.0 Å². The van der Waals surface area contributed by atoms with Gasteiger partial charge in [-0.3, -0.25) is 0 Å². The average Bonchev–Trinajstić information content (AvgIpc) is 2.91. The second-order valence-corrected chi connectivity index (χ2v) is 6.82. The molecular weight excluding hydrogens is 329 g/mol. The van der Waals surface area contributed by atoms with Gasteiger partial charge in [0, 0.05) is 10.9 Å². The number of rotatable bonds is 5. The lowest BCUT2D eigenvalue weighted by Crippen LogP contribution is -3.00. The zero-order valence-electron chi connectivity index (χ0n) is 13.4. The van der Waals surface area contributed by atoms with Gasteiger partial charge in [-0.05, 0) is 18.2 Å². The second-order valence-electron chi connectivity index (χ2n) is 6.42. The van der Waals surface area contributed by atoms with E-state index in [1.54, 1.807) is 0 Å². The van der Waals surface area contributed by atoms with Gasteiger partial charge in [-0.25, -0.2) is 0 Å². The number of likely N-dealkylation sites (N-methyl/N-ethyl adjacent to an activating group) is 1. The molecule has 0 fully saturated rings. The molecule has 1 aromatic heterocycles. The van der Waals surface area contributed by atoms with E-state index in [1.807, 2.05) is 18.2 Å². The first-order valence-electron chi connectivity index (χ1n) is 7.56. The average molecular weight is 350 g/mol. The van der Waals surface area contributed by atoms with Gasteiger partial charge in [-0.1, -0.05) is 48.0 Å². The van der Waals surface area contributed by atoms with Crippen LogP contribution in [0.4, 0.5) is 0 Å². The smallest absolute Gasteiger partial charge is 0.135 e. The molecule has 1 heterocycles. The summed E-state index contributed by atoms with van der Waals surface area (Å²) in [5, 5.41) is 1.76. The first kappa shape index (κ1) is 17.9. The Balaban J connectivity index is 0.00000192. The van der Waals surface area contributed by atoms with Gasteiger partial charge >= 0.3 is 0 Å². The van der Waals surface area contributed by atoms with Crippen molar-refractivity contribution in [2.24, 2.45) is 0 Å². The van der Waals surface area contributed by atoms with Crippen LogP contribution in [0.1, 0.15) is 11.3 Å². The van der Waals surface area contributed by atoms with E-state index in [1.165, 1.54) is 5.56 Å². The Morgan fingerprint density at radius 1 is 1.00 bits per heavy atom. The number of fused-ring (bicyclic) bond motifs is 1. The van der Waals surface area contributed by atoms with Crippen molar-refractivity contribution in [1.29, 1.82) is 0 Å². The lowest BCUT2D eigenvalue weighted by atomic mass is 10.2. The second kappa shape index (κ2) is 7.39. The number of halogens is 2. The highest BCUT2D eigenvalue weighted by atomic mass is 35.5. The molecule has 0 saturated carbocycles. The van der Waals surface area contributed by atoms with Crippen LogP contribution in [0.2, 0.25) is 5.02 Å². The molecule has 122 valence electrons. The number of benzene rings is 2. The summed E-state index contributed by atoms with van der Waals surface area (Å²) in [5.74, 6) is 1.00. The topological polar surface area (TPSA) is 13.1 Å². The van der Waals surface area contributed by atoms with Gasteiger partial charge < -0.3 is 21.3 Å². The van der Waals surface area contributed by atoms with Crippen LogP contribution >= 0.6 is 11.6 Å².